The molecule has 0 saturated carbocycles. The van der Waals surface area contributed by atoms with E-state index >= 15 is 0 Å². The molecule has 0 spiro atoms. The van der Waals surface area contributed by atoms with E-state index in [-0.39, 0.29) is 17.3 Å². The van der Waals surface area contributed by atoms with Crippen molar-refractivity contribution in [2.45, 2.75) is 39.7 Å². The van der Waals surface area contributed by atoms with Crippen LogP contribution in [0.15, 0.2) is 29.4 Å². The van der Waals surface area contributed by atoms with Crippen molar-refractivity contribution in [3.63, 3.8) is 0 Å². The van der Waals surface area contributed by atoms with Crippen LogP contribution in [0.4, 0.5) is 0 Å². The fourth-order valence-electron chi connectivity index (χ4n) is 2.25. The lowest BCUT2D eigenvalue weighted by atomic mass is 9.86. The van der Waals surface area contributed by atoms with Crippen molar-refractivity contribution in [1.82, 2.24) is 5.32 Å². The summed E-state index contributed by atoms with van der Waals surface area (Å²) < 4.78 is 5.37. The molecule has 0 amide bonds. The first-order valence-electron chi connectivity index (χ1n) is 7.26. The summed E-state index contributed by atoms with van der Waals surface area (Å²) in [6.07, 6.45) is 1.80. The Bertz CT molecular complexity index is 472. The number of hydrogen-bond donors (Lipinski definition) is 3. The Morgan fingerprint density at radius 2 is 2.10 bits per heavy atom. The Morgan fingerprint density at radius 3 is 2.71 bits per heavy atom. The second kappa shape index (κ2) is 7.88. The number of para-hydroxylation sites is 1. The van der Waals surface area contributed by atoms with Gasteiger partial charge in [0.05, 0.1) is 7.11 Å². The molecule has 4 N–H and O–H groups in total. The fraction of sp³-hybridized carbons (Fsp3) is 0.562. The number of rotatable bonds is 8. The third-order valence-electron chi connectivity index (χ3n) is 3.84. The van der Waals surface area contributed by atoms with Crippen molar-refractivity contribution in [1.29, 1.82) is 0 Å². The molecule has 5 nitrogen and oxygen atoms in total. The van der Waals surface area contributed by atoms with Crippen LogP contribution in [0.1, 0.15) is 45.2 Å². The molecule has 1 atom stereocenters. The second-order valence-electron chi connectivity index (χ2n) is 5.89. The van der Waals surface area contributed by atoms with Gasteiger partial charge in [0.1, 0.15) is 11.6 Å². The number of ether oxygens (including phenoxy) is 1. The summed E-state index contributed by atoms with van der Waals surface area (Å²) in [5.74, 6) is 1.18. The summed E-state index contributed by atoms with van der Waals surface area (Å²) in [6.45, 7) is 6.94. The third-order valence-corrected chi connectivity index (χ3v) is 3.84. The van der Waals surface area contributed by atoms with Crippen molar-refractivity contribution in [3.05, 3.63) is 29.8 Å². The summed E-state index contributed by atoms with van der Waals surface area (Å²) in [4.78, 5) is 0. The second-order valence-corrected chi connectivity index (χ2v) is 5.89. The van der Waals surface area contributed by atoms with Gasteiger partial charge in [0.15, 0.2) is 0 Å². The molecule has 0 radical (unpaired) electrons. The topological polar surface area (TPSA) is 79.9 Å². The van der Waals surface area contributed by atoms with Gasteiger partial charge in [0.2, 0.25) is 0 Å². The molecule has 0 unspecified atom stereocenters. The molecule has 0 fully saturated rings. The van der Waals surface area contributed by atoms with E-state index in [1.807, 2.05) is 32.0 Å². The lowest BCUT2D eigenvalue weighted by Gasteiger charge is -2.23. The first-order valence-corrected chi connectivity index (χ1v) is 7.26. The van der Waals surface area contributed by atoms with Gasteiger partial charge in [-0.2, -0.15) is 0 Å². The van der Waals surface area contributed by atoms with E-state index < -0.39 is 0 Å². The van der Waals surface area contributed by atoms with Gasteiger partial charge in [-0.25, -0.2) is 0 Å². The predicted octanol–water partition coefficient (Wildman–Crippen LogP) is 2.90. The highest BCUT2D eigenvalue weighted by Crippen LogP contribution is 2.25. The van der Waals surface area contributed by atoms with E-state index in [1.165, 1.54) is 0 Å². The molecule has 1 rings (SSSR count). The van der Waals surface area contributed by atoms with Crippen LogP contribution >= 0.6 is 0 Å². The van der Waals surface area contributed by atoms with Gasteiger partial charge >= 0.3 is 0 Å². The van der Waals surface area contributed by atoms with Crippen LogP contribution in [0.25, 0.3) is 0 Å². The number of oxime groups is 1. The smallest absolute Gasteiger partial charge is 0.144 e. The molecule has 1 aromatic rings. The average molecular weight is 293 g/mol. The molecule has 0 aliphatic rings. The van der Waals surface area contributed by atoms with Crippen LogP contribution in [0.5, 0.6) is 5.75 Å². The molecular formula is C16H27N3O2. The molecule has 0 heterocycles. The maximum atomic E-state index is 8.75. The van der Waals surface area contributed by atoms with Gasteiger partial charge < -0.3 is 21.0 Å². The van der Waals surface area contributed by atoms with Gasteiger partial charge in [-0.3, -0.25) is 0 Å². The average Bonchev–Trinajstić information content (AvgIpc) is 2.50. The van der Waals surface area contributed by atoms with Crippen LogP contribution in [0, 0.1) is 5.41 Å². The van der Waals surface area contributed by atoms with Crippen LogP contribution in [-0.4, -0.2) is 24.7 Å². The Labute approximate surface area is 127 Å². The molecule has 0 saturated heterocycles. The van der Waals surface area contributed by atoms with Crippen LogP contribution < -0.4 is 15.8 Å². The number of nitrogens with zero attached hydrogens (tertiary/aromatic N) is 1. The predicted molar refractivity (Wildman–Crippen MR) is 85.8 cm³/mol. The van der Waals surface area contributed by atoms with E-state index in [0.717, 1.165) is 30.7 Å². The molecule has 0 aromatic heterocycles. The van der Waals surface area contributed by atoms with E-state index in [1.54, 1.807) is 7.11 Å². The maximum Gasteiger partial charge on any atom is 0.144 e. The van der Waals surface area contributed by atoms with Crippen LogP contribution in [0.2, 0.25) is 0 Å². The first-order chi connectivity index (χ1) is 9.92. The largest absolute Gasteiger partial charge is 0.496 e. The Balaban J connectivity index is 2.46. The monoisotopic (exact) mass is 293 g/mol. The number of nitrogens with one attached hydrogen (secondary N) is 1. The number of methoxy groups -OCH3 is 1. The highest BCUT2D eigenvalue weighted by atomic mass is 16.5. The van der Waals surface area contributed by atoms with E-state index in [0.29, 0.717) is 0 Å². The molecule has 1 aromatic carbocycles. The molecule has 21 heavy (non-hydrogen) atoms. The zero-order chi connectivity index (χ0) is 15.9. The van der Waals surface area contributed by atoms with Crippen molar-refractivity contribution < 1.29 is 9.94 Å². The van der Waals surface area contributed by atoms with Gasteiger partial charge in [-0.05, 0) is 32.4 Å². The van der Waals surface area contributed by atoms with Crippen molar-refractivity contribution in [3.8, 4) is 5.75 Å². The zero-order valence-corrected chi connectivity index (χ0v) is 13.4. The van der Waals surface area contributed by atoms with E-state index in [4.69, 9.17) is 15.7 Å². The summed E-state index contributed by atoms with van der Waals surface area (Å²) in [5, 5.41) is 15.3. The van der Waals surface area contributed by atoms with Gasteiger partial charge in [-0.15, -0.1) is 0 Å². The fourth-order valence-corrected chi connectivity index (χ4v) is 2.25. The Kier molecular flexibility index (Phi) is 6.49. The molecule has 0 aliphatic carbocycles. The van der Waals surface area contributed by atoms with Crippen molar-refractivity contribution in [2.24, 2.45) is 16.3 Å². The number of nitrogens with two attached hydrogens (primary N) is 1. The van der Waals surface area contributed by atoms with Crippen LogP contribution in [0.3, 0.4) is 0 Å². The van der Waals surface area contributed by atoms with Crippen molar-refractivity contribution in [2.75, 3.05) is 13.7 Å². The maximum absolute atomic E-state index is 8.75. The quantitative estimate of drug-likeness (QED) is 0.226. The summed E-state index contributed by atoms with van der Waals surface area (Å²) in [6, 6.07) is 8.23. The number of amidine groups is 1. The summed E-state index contributed by atoms with van der Waals surface area (Å²) in [5.41, 5.74) is 6.55. The molecule has 5 heteroatoms. The van der Waals surface area contributed by atoms with Crippen molar-refractivity contribution >= 4 is 5.84 Å². The standard InChI is InChI=1S/C16H27N3O2/c1-12(13-8-5-6-9-14(13)21-4)18-11-7-10-16(2,3)15(17)19-20/h5-6,8-9,12,18,20H,7,10-11H2,1-4H3,(H2,17,19)/t12-/m0/s1. The SMILES string of the molecule is COc1ccccc1[C@H](C)NCCCC(C)(C)/C(N)=N/O. The summed E-state index contributed by atoms with van der Waals surface area (Å²) >= 11 is 0. The van der Waals surface area contributed by atoms with E-state index in [2.05, 4.69) is 23.5 Å². The molecule has 118 valence electrons. The Hall–Kier alpha value is -1.75. The van der Waals surface area contributed by atoms with Crippen LogP contribution in [-0.2, 0) is 0 Å². The normalized spacial score (nSPS) is 14.0. The van der Waals surface area contributed by atoms with Gasteiger partial charge in [0.25, 0.3) is 0 Å². The minimum atomic E-state index is -0.288. The minimum Gasteiger partial charge on any atom is -0.496 e. The van der Waals surface area contributed by atoms with Gasteiger partial charge in [0, 0.05) is 17.0 Å². The minimum absolute atomic E-state index is 0.216. The van der Waals surface area contributed by atoms with E-state index in [9.17, 15) is 0 Å². The number of benzene rings is 1. The molecular weight excluding hydrogens is 266 g/mol. The van der Waals surface area contributed by atoms with Gasteiger partial charge in [-0.1, -0.05) is 37.2 Å². The zero-order valence-electron chi connectivity index (χ0n) is 13.4. The first kappa shape index (κ1) is 17.3. The summed E-state index contributed by atoms with van der Waals surface area (Å²) in [7, 11) is 1.69. The molecule has 0 bridgehead atoms. The lowest BCUT2D eigenvalue weighted by molar-refractivity contribution is 0.304. The number of hydrogen-bond acceptors (Lipinski definition) is 4. The molecule has 0 aliphatic heterocycles. The lowest BCUT2D eigenvalue weighted by Crippen LogP contribution is -2.33. The Morgan fingerprint density at radius 1 is 1.43 bits per heavy atom. The highest BCUT2D eigenvalue weighted by Gasteiger charge is 2.22. The third kappa shape index (κ3) is 4.93. The highest BCUT2D eigenvalue weighted by molar-refractivity contribution is 5.85.